The van der Waals surface area contributed by atoms with E-state index in [9.17, 15) is 33.9 Å². The van der Waals surface area contributed by atoms with Crippen molar-refractivity contribution in [2.45, 2.75) is 137 Å². The first kappa shape index (κ1) is 45.6. The van der Waals surface area contributed by atoms with Gasteiger partial charge in [-0.3, -0.25) is 24.0 Å². The van der Waals surface area contributed by atoms with Crippen LogP contribution in [-0.4, -0.2) is 88.7 Å². The van der Waals surface area contributed by atoms with Crippen LogP contribution in [0.5, 0.6) is 0 Å². The number of hydrogen-bond donors (Lipinski definition) is 1. The van der Waals surface area contributed by atoms with E-state index in [2.05, 4.69) is 6.58 Å². The van der Waals surface area contributed by atoms with Crippen LogP contribution in [0.4, 0.5) is 0 Å². The van der Waals surface area contributed by atoms with Gasteiger partial charge in [0.15, 0.2) is 18.3 Å². The average Bonchev–Trinajstić information content (AvgIpc) is 3.31. The molecule has 1 aromatic rings. The lowest BCUT2D eigenvalue weighted by molar-refractivity contribution is -0.201. The van der Waals surface area contributed by atoms with E-state index < -0.39 is 107 Å². The van der Waals surface area contributed by atoms with E-state index in [0.717, 1.165) is 20.8 Å². The number of aliphatic hydroxyl groups is 1. The molecule has 1 fully saturated rings. The van der Waals surface area contributed by atoms with Gasteiger partial charge in [-0.2, -0.15) is 0 Å². The number of esters is 6. The van der Waals surface area contributed by atoms with Crippen molar-refractivity contribution < 1.29 is 67.0 Å². The van der Waals surface area contributed by atoms with E-state index in [1.807, 2.05) is 6.07 Å². The van der Waals surface area contributed by atoms with Crippen LogP contribution in [0.2, 0.25) is 0 Å². The van der Waals surface area contributed by atoms with Crippen molar-refractivity contribution in [3.05, 3.63) is 71.8 Å². The van der Waals surface area contributed by atoms with Crippen molar-refractivity contribution in [1.29, 1.82) is 0 Å². The Morgan fingerprint density at radius 2 is 1.32 bits per heavy atom. The summed E-state index contributed by atoms with van der Waals surface area (Å²) in [7, 11) is 0. The van der Waals surface area contributed by atoms with E-state index in [1.54, 1.807) is 71.0 Å². The minimum atomic E-state index is -2.24. The minimum Gasteiger partial charge on any atom is -0.459 e. The molecule has 0 aromatic heterocycles. The maximum absolute atomic E-state index is 13.7. The highest BCUT2D eigenvalue weighted by Gasteiger charge is 2.69. The molecule has 14 heteroatoms. The van der Waals surface area contributed by atoms with Gasteiger partial charge in [0.05, 0.1) is 12.5 Å². The SMILES string of the molecule is C=C1[C@H](OC(=O)/C(C)=C\C)[C@@H](OC(C)=O)[C@@H](OC(C)=O)C(C)(C)/C=C/[C@H](C)[C@@H](OC(C)=O)[C@@]2(O)C[C@@](C)(OC(C)=O)[C@H](OCc3ccccc3)[C@@H]2[C@H]1OC(C)=O. The number of hydrogen-bond acceptors (Lipinski definition) is 14. The summed E-state index contributed by atoms with van der Waals surface area (Å²) in [5.74, 6) is -7.17. The molecule has 0 spiro atoms. The predicted molar refractivity (Wildman–Crippen MR) is 201 cm³/mol. The van der Waals surface area contributed by atoms with E-state index in [1.165, 1.54) is 26.8 Å². The van der Waals surface area contributed by atoms with Crippen LogP contribution < -0.4 is 0 Å². The van der Waals surface area contributed by atoms with Crippen LogP contribution in [0.1, 0.15) is 88.1 Å². The van der Waals surface area contributed by atoms with E-state index in [4.69, 9.17) is 33.2 Å². The molecular weight excluding hydrogens is 728 g/mol. The molecule has 0 saturated heterocycles. The summed E-state index contributed by atoms with van der Waals surface area (Å²) in [6, 6.07) is 8.99. The molecule has 3 rings (SSSR count). The summed E-state index contributed by atoms with van der Waals surface area (Å²) in [4.78, 5) is 78.2. The van der Waals surface area contributed by atoms with Gasteiger partial charge in [0.1, 0.15) is 29.5 Å². The Morgan fingerprint density at radius 3 is 1.84 bits per heavy atom. The van der Waals surface area contributed by atoms with E-state index in [-0.39, 0.29) is 17.8 Å². The topological polar surface area (TPSA) is 187 Å². The molecule has 14 nitrogen and oxygen atoms in total. The first-order valence-corrected chi connectivity index (χ1v) is 18.5. The largest absolute Gasteiger partial charge is 0.459 e. The monoisotopic (exact) mass is 784 g/mol. The number of fused-ring (bicyclic) bond motifs is 1. The van der Waals surface area contributed by atoms with Gasteiger partial charge in [-0.15, -0.1) is 0 Å². The van der Waals surface area contributed by atoms with Gasteiger partial charge >= 0.3 is 35.8 Å². The Balaban J connectivity index is 2.57. The van der Waals surface area contributed by atoms with Crippen LogP contribution in [0.25, 0.3) is 0 Å². The fourth-order valence-electron chi connectivity index (χ4n) is 7.73. The quantitative estimate of drug-likeness (QED) is 0.144. The molecule has 0 radical (unpaired) electrons. The zero-order valence-corrected chi connectivity index (χ0v) is 34.1. The second kappa shape index (κ2) is 18.4. The summed E-state index contributed by atoms with van der Waals surface area (Å²) in [5, 5.41) is 13.3. The van der Waals surface area contributed by atoms with Gasteiger partial charge in [-0.1, -0.05) is 75.9 Å². The molecule has 10 atom stereocenters. The van der Waals surface area contributed by atoms with Crippen LogP contribution in [0, 0.1) is 17.3 Å². The van der Waals surface area contributed by atoms with Gasteiger partial charge in [-0.05, 0) is 26.3 Å². The highest BCUT2D eigenvalue weighted by atomic mass is 16.6. The number of benzene rings is 1. The van der Waals surface area contributed by atoms with Gasteiger partial charge in [-0.25, -0.2) is 4.79 Å². The Bertz CT molecular complexity index is 1710. The molecular formula is C42H56O14. The second-order valence-corrected chi connectivity index (χ2v) is 15.4. The van der Waals surface area contributed by atoms with Crippen molar-refractivity contribution in [2.75, 3.05) is 0 Å². The zero-order valence-electron chi connectivity index (χ0n) is 34.1. The lowest BCUT2D eigenvalue weighted by atomic mass is 9.71. The van der Waals surface area contributed by atoms with Crippen LogP contribution in [0.15, 0.2) is 66.3 Å². The molecule has 0 bridgehead atoms. The van der Waals surface area contributed by atoms with Gasteiger partial charge < -0.3 is 38.3 Å². The second-order valence-electron chi connectivity index (χ2n) is 15.4. The Hall–Kier alpha value is -4.82. The van der Waals surface area contributed by atoms with Crippen molar-refractivity contribution in [3.8, 4) is 0 Å². The summed E-state index contributed by atoms with van der Waals surface area (Å²) in [6.07, 6.45) is -4.83. The third-order valence-corrected chi connectivity index (χ3v) is 10.1. The first-order chi connectivity index (χ1) is 26.0. The molecule has 308 valence electrons. The normalized spacial score (nSPS) is 32.3. The summed E-state index contributed by atoms with van der Waals surface area (Å²) in [6.45, 7) is 19.6. The molecule has 2 aliphatic rings. The number of rotatable bonds is 10. The van der Waals surface area contributed by atoms with Gasteiger partial charge in [0, 0.05) is 63.5 Å². The average molecular weight is 785 g/mol. The molecule has 0 heterocycles. The summed E-state index contributed by atoms with van der Waals surface area (Å²) < 4.78 is 42.4. The fraction of sp³-hybridized carbons (Fsp3) is 0.571. The van der Waals surface area contributed by atoms with Crippen molar-refractivity contribution in [3.63, 3.8) is 0 Å². The maximum atomic E-state index is 13.7. The summed E-state index contributed by atoms with van der Waals surface area (Å²) in [5.41, 5.74) is -4.53. The zero-order chi connectivity index (χ0) is 42.3. The fourth-order valence-corrected chi connectivity index (χ4v) is 7.73. The molecule has 56 heavy (non-hydrogen) atoms. The lowest BCUT2D eigenvalue weighted by Crippen LogP contribution is -2.59. The van der Waals surface area contributed by atoms with Gasteiger partial charge in [0.2, 0.25) is 0 Å². The number of carbonyl (C=O) groups is 6. The Kier molecular flexibility index (Phi) is 15.0. The highest BCUT2D eigenvalue weighted by Crippen LogP contribution is 2.54. The molecule has 0 amide bonds. The first-order valence-electron chi connectivity index (χ1n) is 18.5. The Labute approximate surface area is 328 Å². The smallest absolute Gasteiger partial charge is 0.334 e. The highest BCUT2D eigenvalue weighted by molar-refractivity contribution is 5.88. The molecule has 2 aliphatic carbocycles. The third-order valence-electron chi connectivity index (χ3n) is 10.1. The molecule has 1 saturated carbocycles. The van der Waals surface area contributed by atoms with Crippen LogP contribution >= 0.6 is 0 Å². The molecule has 1 N–H and O–H groups in total. The number of carbonyl (C=O) groups excluding carboxylic acids is 6. The standard InChI is InChI=1S/C42H56O14/c1-13-23(2)39(48)55-34-25(4)33(51-26(5)43)32-37(50-21-31-17-15-14-16-18-31)41(12,56-30(9)47)22-42(32,49)36(53-28(7)45)24(3)19-20-40(10,11)38(54-29(8)46)35(34)52-27(6)44/h13-20,24,32-38,49H,4,21-22H2,1-3,5-12H3/b20-19+,23-13-/t24-,32-,33-,34-,35+,36+,37+,38+,41+,42+/m0/s1. The minimum absolute atomic E-state index is 0.0837. The maximum Gasteiger partial charge on any atom is 0.334 e. The predicted octanol–water partition coefficient (Wildman–Crippen LogP) is 5.04. The van der Waals surface area contributed by atoms with Crippen molar-refractivity contribution in [2.24, 2.45) is 17.3 Å². The van der Waals surface area contributed by atoms with Crippen LogP contribution in [0.3, 0.4) is 0 Å². The molecule has 0 unspecified atom stereocenters. The third kappa shape index (κ3) is 10.7. The number of allylic oxidation sites excluding steroid dienone is 1. The van der Waals surface area contributed by atoms with E-state index in [0.29, 0.717) is 5.56 Å². The van der Waals surface area contributed by atoms with Gasteiger partial charge in [0.25, 0.3) is 0 Å². The number of ether oxygens (including phenoxy) is 7. The van der Waals surface area contributed by atoms with Crippen molar-refractivity contribution >= 4 is 35.8 Å². The van der Waals surface area contributed by atoms with E-state index >= 15 is 0 Å². The van der Waals surface area contributed by atoms with Crippen LogP contribution in [-0.2, 0) is 68.5 Å². The lowest BCUT2D eigenvalue weighted by Gasteiger charge is -2.46. The van der Waals surface area contributed by atoms with Crippen molar-refractivity contribution in [1.82, 2.24) is 0 Å². The molecule has 1 aromatic carbocycles. The Morgan fingerprint density at radius 1 is 0.768 bits per heavy atom. The molecule has 0 aliphatic heterocycles. The summed E-state index contributed by atoms with van der Waals surface area (Å²) >= 11 is 0.